The molecular weight excluding hydrogens is 366 g/mol. The number of phenols is 1. The first-order chi connectivity index (χ1) is 13.1. The first-order valence-electron chi connectivity index (χ1n) is 8.65. The number of hydrogen-bond donors (Lipinski definition) is 3. The van der Waals surface area contributed by atoms with Gasteiger partial charge in [-0.1, -0.05) is 35.9 Å². The molecule has 0 radical (unpaired) electrons. The molecule has 0 bridgehead atoms. The number of nitrogens with zero attached hydrogens (tertiary/aromatic N) is 2. The van der Waals surface area contributed by atoms with Crippen molar-refractivity contribution >= 4 is 17.5 Å². The standard InChI is InChI=1S/C20H18ClN3O3/c21-13-6-3-5-12(11-13)19-16-17(14-7-1-2-8-15(14)26)22-23-18(16)20(27)24(19)9-4-10-25/h1-3,5-8,11,19,25-26H,4,9-10H2,(H,22,23). The van der Waals surface area contributed by atoms with Crippen molar-refractivity contribution in [3.8, 4) is 17.0 Å². The molecule has 1 aliphatic rings. The van der Waals surface area contributed by atoms with E-state index in [4.69, 9.17) is 11.6 Å². The number of aliphatic hydroxyl groups excluding tert-OH is 1. The van der Waals surface area contributed by atoms with Gasteiger partial charge in [0, 0.05) is 29.3 Å². The summed E-state index contributed by atoms with van der Waals surface area (Å²) < 4.78 is 0. The van der Waals surface area contributed by atoms with E-state index >= 15 is 0 Å². The fraction of sp³-hybridized carbons (Fsp3) is 0.200. The second kappa shape index (κ2) is 7.06. The number of para-hydroxylation sites is 1. The number of halogens is 1. The van der Waals surface area contributed by atoms with Gasteiger partial charge in [-0.3, -0.25) is 9.89 Å². The summed E-state index contributed by atoms with van der Waals surface area (Å²) in [6.45, 7) is 0.389. The van der Waals surface area contributed by atoms with Crippen LogP contribution in [0.15, 0.2) is 48.5 Å². The first-order valence-corrected chi connectivity index (χ1v) is 9.03. The quantitative estimate of drug-likeness (QED) is 0.630. The zero-order valence-corrected chi connectivity index (χ0v) is 15.1. The van der Waals surface area contributed by atoms with E-state index in [1.807, 2.05) is 24.3 Å². The predicted molar refractivity (Wildman–Crippen MR) is 102 cm³/mol. The number of carbonyl (C=O) groups excluding carboxylic acids is 1. The maximum Gasteiger partial charge on any atom is 0.273 e. The highest BCUT2D eigenvalue weighted by atomic mass is 35.5. The molecule has 1 aliphatic heterocycles. The first kappa shape index (κ1) is 17.6. The van der Waals surface area contributed by atoms with Crippen LogP contribution in [0.1, 0.15) is 34.1 Å². The Morgan fingerprint density at radius 1 is 1.19 bits per heavy atom. The van der Waals surface area contributed by atoms with E-state index in [1.54, 1.807) is 29.2 Å². The minimum atomic E-state index is -0.397. The van der Waals surface area contributed by atoms with Gasteiger partial charge in [-0.15, -0.1) is 0 Å². The van der Waals surface area contributed by atoms with Gasteiger partial charge in [-0.25, -0.2) is 0 Å². The average Bonchev–Trinajstić information content (AvgIpc) is 3.20. The van der Waals surface area contributed by atoms with Crippen LogP contribution in [0, 0.1) is 0 Å². The van der Waals surface area contributed by atoms with Crippen LogP contribution in [0.25, 0.3) is 11.3 Å². The van der Waals surface area contributed by atoms with E-state index in [-0.39, 0.29) is 18.3 Å². The Morgan fingerprint density at radius 3 is 2.74 bits per heavy atom. The fourth-order valence-corrected chi connectivity index (χ4v) is 3.77. The molecule has 0 saturated carbocycles. The van der Waals surface area contributed by atoms with Crippen LogP contribution >= 0.6 is 11.6 Å². The molecule has 6 nitrogen and oxygen atoms in total. The highest BCUT2D eigenvalue weighted by Crippen LogP contribution is 2.44. The summed E-state index contributed by atoms with van der Waals surface area (Å²) in [6, 6.07) is 13.8. The van der Waals surface area contributed by atoms with E-state index in [2.05, 4.69) is 10.2 Å². The molecule has 0 saturated heterocycles. The molecule has 2 heterocycles. The molecule has 7 heteroatoms. The Balaban J connectivity index is 1.89. The van der Waals surface area contributed by atoms with Gasteiger partial charge >= 0.3 is 0 Å². The number of nitrogens with one attached hydrogen (secondary N) is 1. The smallest absolute Gasteiger partial charge is 0.273 e. The second-order valence-electron chi connectivity index (χ2n) is 6.41. The molecule has 1 unspecified atom stereocenters. The van der Waals surface area contributed by atoms with E-state index in [0.29, 0.717) is 40.5 Å². The number of aromatic nitrogens is 2. The van der Waals surface area contributed by atoms with Crippen molar-refractivity contribution in [1.82, 2.24) is 15.1 Å². The molecule has 0 aliphatic carbocycles. The molecule has 0 spiro atoms. The fourth-order valence-electron chi connectivity index (χ4n) is 3.57. The summed E-state index contributed by atoms with van der Waals surface area (Å²) in [5.41, 5.74) is 3.05. The molecule has 0 fully saturated rings. The summed E-state index contributed by atoms with van der Waals surface area (Å²) in [6.07, 6.45) is 0.465. The second-order valence-corrected chi connectivity index (χ2v) is 6.85. The molecule has 3 N–H and O–H groups in total. The van der Waals surface area contributed by atoms with E-state index in [1.165, 1.54) is 0 Å². The monoisotopic (exact) mass is 383 g/mol. The summed E-state index contributed by atoms with van der Waals surface area (Å²) in [5, 5.41) is 27.2. The maximum absolute atomic E-state index is 13.0. The number of H-pyrrole nitrogens is 1. The number of aromatic amines is 1. The largest absolute Gasteiger partial charge is 0.507 e. The Hall–Kier alpha value is -2.83. The topological polar surface area (TPSA) is 89.5 Å². The number of hydrogen-bond acceptors (Lipinski definition) is 4. The predicted octanol–water partition coefficient (Wildman–Crippen LogP) is 3.36. The van der Waals surface area contributed by atoms with Crippen molar-refractivity contribution in [2.45, 2.75) is 12.5 Å². The molecule has 1 aromatic heterocycles. The molecule has 1 amide bonds. The van der Waals surface area contributed by atoms with Crippen LogP contribution in [-0.4, -0.2) is 44.4 Å². The van der Waals surface area contributed by atoms with Gasteiger partial charge in [0.05, 0.1) is 6.04 Å². The lowest BCUT2D eigenvalue weighted by atomic mass is 9.95. The molecule has 138 valence electrons. The zero-order valence-electron chi connectivity index (χ0n) is 14.4. The van der Waals surface area contributed by atoms with Crippen molar-refractivity contribution in [1.29, 1.82) is 0 Å². The van der Waals surface area contributed by atoms with Crippen LogP contribution in [0.2, 0.25) is 5.02 Å². The number of rotatable bonds is 5. The van der Waals surface area contributed by atoms with Gasteiger partial charge in [-0.2, -0.15) is 5.10 Å². The van der Waals surface area contributed by atoms with Crippen LogP contribution in [-0.2, 0) is 0 Å². The van der Waals surface area contributed by atoms with Crippen molar-refractivity contribution < 1.29 is 15.0 Å². The lowest BCUT2D eigenvalue weighted by Gasteiger charge is -2.26. The highest BCUT2D eigenvalue weighted by molar-refractivity contribution is 6.30. The lowest BCUT2D eigenvalue weighted by molar-refractivity contribution is 0.0732. The van der Waals surface area contributed by atoms with E-state index in [9.17, 15) is 15.0 Å². The zero-order chi connectivity index (χ0) is 19.0. The normalized spacial score (nSPS) is 16.0. The van der Waals surface area contributed by atoms with Crippen molar-refractivity contribution in [3.63, 3.8) is 0 Å². The molecular formula is C20H18ClN3O3. The van der Waals surface area contributed by atoms with E-state index in [0.717, 1.165) is 5.56 Å². The van der Waals surface area contributed by atoms with Gasteiger partial charge in [0.1, 0.15) is 17.1 Å². The van der Waals surface area contributed by atoms with Crippen molar-refractivity contribution in [2.75, 3.05) is 13.2 Å². The van der Waals surface area contributed by atoms with Crippen molar-refractivity contribution in [3.05, 3.63) is 70.4 Å². The summed E-state index contributed by atoms with van der Waals surface area (Å²) in [5.74, 6) is -0.0875. The number of aliphatic hydroxyl groups is 1. The van der Waals surface area contributed by atoms with E-state index < -0.39 is 6.04 Å². The van der Waals surface area contributed by atoms with Gasteiger partial charge in [0.25, 0.3) is 5.91 Å². The minimum absolute atomic E-state index is 0.00936. The molecule has 4 rings (SSSR count). The third-order valence-corrected chi connectivity index (χ3v) is 4.98. The number of fused-ring (bicyclic) bond motifs is 1. The Bertz CT molecular complexity index is 1000. The third-order valence-electron chi connectivity index (χ3n) is 4.74. The summed E-state index contributed by atoms with van der Waals surface area (Å²) in [4.78, 5) is 14.7. The SMILES string of the molecule is O=C1c2[nH]nc(-c3ccccc3O)c2C(c2cccc(Cl)c2)N1CCCO. The van der Waals surface area contributed by atoms with Gasteiger partial charge in [-0.05, 0) is 36.2 Å². The number of carbonyl (C=O) groups is 1. The number of benzene rings is 2. The molecule has 1 atom stereocenters. The van der Waals surface area contributed by atoms with Crippen LogP contribution < -0.4 is 0 Å². The lowest BCUT2D eigenvalue weighted by Crippen LogP contribution is -2.31. The van der Waals surface area contributed by atoms with Gasteiger partial charge in [0.15, 0.2) is 0 Å². The maximum atomic E-state index is 13.0. The number of amides is 1. The number of aromatic hydroxyl groups is 1. The molecule has 27 heavy (non-hydrogen) atoms. The minimum Gasteiger partial charge on any atom is -0.507 e. The Labute approximate surface area is 161 Å². The van der Waals surface area contributed by atoms with Crippen LogP contribution in [0.3, 0.4) is 0 Å². The molecule has 3 aromatic rings. The van der Waals surface area contributed by atoms with Crippen LogP contribution in [0.4, 0.5) is 0 Å². The Morgan fingerprint density at radius 2 is 2.00 bits per heavy atom. The molecule has 2 aromatic carbocycles. The van der Waals surface area contributed by atoms with Gasteiger partial charge in [0.2, 0.25) is 0 Å². The third kappa shape index (κ3) is 2.97. The van der Waals surface area contributed by atoms with Gasteiger partial charge < -0.3 is 15.1 Å². The number of phenolic OH excluding ortho intramolecular Hbond substituents is 1. The Kier molecular flexibility index (Phi) is 4.59. The summed E-state index contributed by atoms with van der Waals surface area (Å²) in [7, 11) is 0. The van der Waals surface area contributed by atoms with Crippen LogP contribution in [0.5, 0.6) is 5.75 Å². The van der Waals surface area contributed by atoms with Crippen molar-refractivity contribution in [2.24, 2.45) is 0 Å². The highest BCUT2D eigenvalue weighted by Gasteiger charge is 2.42. The summed E-state index contributed by atoms with van der Waals surface area (Å²) >= 11 is 6.19. The average molecular weight is 384 g/mol.